The van der Waals surface area contributed by atoms with E-state index in [9.17, 15) is 14.7 Å². The highest BCUT2D eigenvalue weighted by molar-refractivity contribution is 14.1. The van der Waals surface area contributed by atoms with Gasteiger partial charge in [-0.3, -0.25) is 9.36 Å². The molecule has 0 unspecified atom stereocenters. The van der Waals surface area contributed by atoms with Gasteiger partial charge < -0.3 is 14.6 Å². The maximum absolute atomic E-state index is 13.5. The van der Waals surface area contributed by atoms with Crippen LogP contribution in [0, 0.1) is 3.57 Å². The maximum atomic E-state index is 13.5. The Morgan fingerprint density at radius 1 is 1.41 bits per heavy atom. The Kier molecular flexibility index (Phi) is 6.54. The van der Waals surface area contributed by atoms with E-state index in [-0.39, 0.29) is 17.9 Å². The summed E-state index contributed by atoms with van der Waals surface area (Å²) in [4.78, 5) is 32.2. The molecule has 1 N–H and O–H groups in total. The van der Waals surface area contributed by atoms with Crippen LogP contribution < -0.4 is 19.6 Å². The van der Waals surface area contributed by atoms with Crippen molar-refractivity contribution in [2.24, 2.45) is 4.99 Å². The van der Waals surface area contributed by atoms with Crippen LogP contribution >= 0.6 is 45.3 Å². The number of phenols is 1. The third kappa shape index (κ3) is 4.02. The Morgan fingerprint density at radius 2 is 2.19 bits per heavy atom. The van der Waals surface area contributed by atoms with Gasteiger partial charge in [-0.15, -0.1) is 11.3 Å². The number of aromatic nitrogens is 1. The van der Waals surface area contributed by atoms with Gasteiger partial charge in [-0.1, -0.05) is 17.4 Å². The number of carbonyl (C=O) groups excluding carboxylic acids is 1. The van der Waals surface area contributed by atoms with Crippen LogP contribution in [-0.2, 0) is 9.53 Å². The van der Waals surface area contributed by atoms with Gasteiger partial charge in [-0.2, -0.15) is 0 Å². The maximum Gasteiger partial charge on any atom is 0.338 e. The fraction of sp³-hybridized carbons (Fsp3) is 0.227. The molecule has 0 saturated carbocycles. The molecule has 2 aromatic heterocycles. The van der Waals surface area contributed by atoms with Crippen molar-refractivity contribution in [3.63, 3.8) is 0 Å². The number of allylic oxidation sites excluding steroid dienone is 1. The first kappa shape index (κ1) is 22.7. The van der Waals surface area contributed by atoms with Crippen LogP contribution in [-0.4, -0.2) is 29.4 Å². The standard InChI is InChI=1S/C22H19IN2O5S2/c1-4-30-21(28)17-11(2)24-22-25(18(17)15-6-5-7-31-15)20(27)16(32-22)10-12-8-13(23)19(26)14(9-12)29-3/h5-10,18,26H,4H2,1-3H3/t18-/m0/s1. The first-order valence-electron chi connectivity index (χ1n) is 9.65. The largest absolute Gasteiger partial charge is 0.504 e. The Hall–Kier alpha value is -2.44. The molecule has 0 saturated heterocycles. The molecule has 0 bridgehead atoms. The van der Waals surface area contributed by atoms with Crippen LogP contribution in [0.25, 0.3) is 6.08 Å². The molecule has 0 spiro atoms. The molecule has 166 valence electrons. The van der Waals surface area contributed by atoms with Gasteiger partial charge in [0.1, 0.15) is 6.04 Å². The fourth-order valence-corrected chi connectivity index (χ4v) is 5.99. The van der Waals surface area contributed by atoms with Crippen molar-refractivity contribution in [3.05, 3.63) is 74.6 Å². The predicted molar refractivity (Wildman–Crippen MR) is 132 cm³/mol. The summed E-state index contributed by atoms with van der Waals surface area (Å²) in [6.07, 6.45) is 1.74. The summed E-state index contributed by atoms with van der Waals surface area (Å²) >= 11 is 4.74. The summed E-state index contributed by atoms with van der Waals surface area (Å²) in [5.74, 6) is -0.0915. The average molecular weight is 582 g/mol. The third-order valence-corrected chi connectivity index (χ3v) is 7.63. The Bertz CT molecular complexity index is 1400. The average Bonchev–Trinajstić information content (AvgIpc) is 3.38. The van der Waals surface area contributed by atoms with Gasteiger partial charge in [-0.05, 0) is 71.7 Å². The van der Waals surface area contributed by atoms with Gasteiger partial charge in [0.05, 0.1) is 33.1 Å². The summed E-state index contributed by atoms with van der Waals surface area (Å²) in [6, 6.07) is 6.63. The minimum Gasteiger partial charge on any atom is -0.504 e. The summed E-state index contributed by atoms with van der Waals surface area (Å²) in [5.41, 5.74) is 1.37. The Balaban J connectivity index is 1.93. The zero-order chi connectivity index (χ0) is 23.0. The van der Waals surface area contributed by atoms with Crippen LogP contribution in [0.15, 0.2) is 50.7 Å². The lowest BCUT2D eigenvalue weighted by Crippen LogP contribution is -2.39. The van der Waals surface area contributed by atoms with Crippen LogP contribution in [0.1, 0.15) is 30.3 Å². The van der Waals surface area contributed by atoms with Gasteiger partial charge >= 0.3 is 5.97 Å². The topological polar surface area (TPSA) is 90.1 Å². The van der Waals surface area contributed by atoms with E-state index in [2.05, 4.69) is 4.99 Å². The number of thiazole rings is 1. The number of rotatable bonds is 5. The van der Waals surface area contributed by atoms with E-state index in [0.29, 0.717) is 35.5 Å². The number of aromatic hydroxyl groups is 1. The number of nitrogens with zero attached hydrogens (tertiary/aromatic N) is 2. The number of hydrogen-bond donors (Lipinski definition) is 1. The number of thiophene rings is 1. The Labute approximate surface area is 205 Å². The molecule has 32 heavy (non-hydrogen) atoms. The zero-order valence-corrected chi connectivity index (χ0v) is 21.2. The first-order chi connectivity index (χ1) is 15.3. The molecule has 10 heteroatoms. The van der Waals surface area contributed by atoms with E-state index in [1.807, 2.05) is 40.1 Å². The second kappa shape index (κ2) is 9.20. The SMILES string of the molecule is CCOC(=O)C1=C(C)N=c2sc(=Cc3cc(I)c(O)c(OC)c3)c(=O)n2[C@H]1c1cccs1. The van der Waals surface area contributed by atoms with Crippen molar-refractivity contribution in [1.29, 1.82) is 0 Å². The van der Waals surface area contributed by atoms with Crippen molar-refractivity contribution < 1.29 is 19.4 Å². The number of phenolic OH excluding ortho intramolecular Hbond substituents is 1. The molecule has 3 aromatic rings. The van der Waals surface area contributed by atoms with Crippen LogP contribution in [0.2, 0.25) is 0 Å². The Morgan fingerprint density at radius 3 is 2.84 bits per heavy atom. The van der Waals surface area contributed by atoms with Crippen molar-refractivity contribution in [2.75, 3.05) is 13.7 Å². The number of esters is 1. The summed E-state index contributed by atoms with van der Waals surface area (Å²) < 4.78 is 13.1. The van der Waals surface area contributed by atoms with Crippen molar-refractivity contribution >= 4 is 57.3 Å². The number of ether oxygens (including phenoxy) is 2. The van der Waals surface area contributed by atoms with Crippen molar-refractivity contribution in [1.82, 2.24) is 4.57 Å². The lowest BCUT2D eigenvalue weighted by molar-refractivity contribution is -0.139. The molecule has 4 rings (SSSR count). The first-order valence-corrected chi connectivity index (χ1v) is 12.4. The van der Waals surface area contributed by atoms with E-state index < -0.39 is 12.0 Å². The van der Waals surface area contributed by atoms with Gasteiger partial charge in [0, 0.05) is 4.88 Å². The highest BCUT2D eigenvalue weighted by atomic mass is 127. The van der Waals surface area contributed by atoms with Gasteiger partial charge in [0.25, 0.3) is 5.56 Å². The molecule has 0 aliphatic carbocycles. The molecule has 3 heterocycles. The molecule has 0 amide bonds. The van der Waals surface area contributed by atoms with Gasteiger partial charge in [0.2, 0.25) is 0 Å². The number of halogens is 1. The third-order valence-electron chi connectivity index (χ3n) is 4.90. The molecule has 0 radical (unpaired) electrons. The lowest BCUT2D eigenvalue weighted by Gasteiger charge is -2.23. The van der Waals surface area contributed by atoms with E-state index in [1.165, 1.54) is 29.8 Å². The second-order valence-corrected chi connectivity index (χ2v) is 10.0. The molecular formula is C22H19IN2O5S2. The van der Waals surface area contributed by atoms with E-state index in [4.69, 9.17) is 9.47 Å². The van der Waals surface area contributed by atoms with Crippen molar-refractivity contribution in [3.8, 4) is 11.5 Å². The van der Waals surface area contributed by atoms with Gasteiger partial charge in [0.15, 0.2) is 16.3 Å². The highest BCUT2D eigenvalue weighted by Gasteiger charge is 2.33. The minimum atomic E-state index is -0.595. The molecule has 1 aliphatic rings. The van der Waals surface area contributed by atoms with Crippen molar-refractivity contribution in [2.45, 2.75) is 19.9 Å². The fourth-order valence-electron chi connectivity index (χ4n) is 3.49. The smallest absolute Gasteiger partial charge is 0.338 e. The highest BCUT2D eigenvalue weighted by Crippen LogP contribution is 2.34. The van der Waals surface area contributed by atoms with Crippen LogP contribution in [0.5, 0.6) is 11.5 Å². The molecule has 7 nitrogen and oxygen atoms in total. The molecule has 1 atom stereocenters. The quantitative estimate of drug-likeness (QED) is 0.369. The number of fused-ring (bicyclic) bond motifs is 1. The summed E-state index contributed by atoms with van der Waals surface area (Å²) in [7, 11) is 1.48. The normalized spacial score (nSPS) is 16.0. The van der Waals surface area contributed by atoms with E-state index in [0.717, 1.165) is 4.88 Å². The lowest BCUT2D eigenvalue weighted by atomic mass is 10.0. The van der Waals surface area contributed by atoms with Crippen LogP contribution in [0.4, 0.5) is 0 Å². The molecule has 1 aromatic carbocycles. The van der Waals surface area contributed by atoms with Crippen LogP contribution in [0.3, 0.4) is 0 Å². The number of hydrogen-bond acceptors (Lipinski definition) is 8. The molecular weight excluding hydrogens is 563 g/mol. The number of benzene rings is 1. The second-order valence-electron chi connectivity index (χ2n) is 6.87. The molecule has 1 aliphatic heterocycles. The van der Waals surface area contributed by atoms with Gasteiger partial charge in [-0.25, -0.2) is 9.79 Å². The summed E-state index contributed by atoms with van der Waals surface area (Å²) in [5, 5.41) is 12.0. The monoisotopic (exact) mass is 582 g/mol. The van der Waals surface area contributed by atoms with E-state index in [1.54, 1.807) is 36.6 Å². The number of carbonyl (C=O) groups is 1. The van der Waals surface area contributed by atoms with E-state index >= 15 is 0 Å². The summed E-state index contributed by atoms with van der Waals surface area (Å²) in [6.45, 7) is 3.74. The predicted octanol–water partition coefficient (Wildman–Crippen LogP) is 3.18. The minimum absolute atomic E-state index is 0.0547. The zero-order valence-electron chi connectivity index (χ0n) is 17.4. The number of methoxy groups -OCH3 is 1. The molecule has 0 fully saturated rings.